The topological polar surface area (TPSA) is 29.1 Å². The minimum Gasteiger partial charge on any atom is -0.351 e. The average molecular weight is 218 g/mol. The third kappa shape index (κ3) is 1.86. The van der Waals surface area contributed by atoms with Gasteiger partial charge in [-0.25, -0.2) is 0 Å². The van der Waals surface area contributed by atoms with Crippen LogP contribution in [0.25, 0.3) is 0 Å². The number of nitrogens with one attached hydrogen (secondary N) is 1. The van der Waals surface area contributed by atoms with Crippen molar-refractivity contribution in [2.45, 2.75) is 29.5 Å². The fourth-order valence-corrected chi connectivity index (χ4v) is 3.40. The number of fused-ring (bicyclic) bond motifs is 1. The van der Waals surface area contributed by atoms with Crippen LogP contribution in [0.3, 0.4) is 0 Å². The van der Waals surface area contributed by atoms with Crippen molar-refractivity contribution in [3.63, 3.8) is 0 Å². The van der Waals surface area contributed by atoms with Crippen molar-refractivity contribution in [3.8, 4) is 0 Å². The lowest BCUT2D eigenvalue weighted by Gasteiger charge is -2.38. The van der Waals surface area contributed by atoms with E-state index in [0.717, 1.165) is 18.4 Å². The summed E-state index contributed by atoms with van der Waals surface area (Å²) in [6, 6.07) is 0.272. The Balaban J connectivity index is 2.06. The van der Waals surface area contributed by atoms with E-state index in [9.17, 15) is 4.79 Å². The Morgan fingerprint density at radius 3 is 3.15 bits per heavy atom. The van der Waals surface area contributed by atoms with Crippen molar-refractivity contribution in [1.29, 1.82) is 0 Å². The monoisotopic (exact) mass is 217 g/mol. The molecule has 1 heterocycles. The van der Waals surface area contributed by atoms with Crippen LogP contribution in [0, 0.1) is 0 Å². The molecule has 3 unspecified atom stereocenters. The quantitative estimate of drug-likeness (QED) is 0.493. The number of carbonyl (C=O) groups is 1. The predicted molar refractivity (Wildman–Crippen MR) is 56.2 cm³/mol. The van der Waals surface area contributed by atoms with Gasteiger partial charge in [0.25, 0.3) is 0 Å². The molecule has 0 spiro atoms. The molecule has 4 heteroatoms. The summed E-state index contributed by atoms with van der Waals surface area (Å²) >= 11 is 7.82. The minimum absolute atomic E-state index is 0.101. The summed E-state index contributed by atoms with van der Waals surface area (Å²) in [6.45, 7) is 3.92. The molecule has 2 nitrogen and oxygen atoms in total. The first-order valence-electron chi connectivity index (χ1n) is 4.39. The molecule has 0 bridgehead atoms. The fraction of sp³-hybridized carbons (Fsp3) is 0.667. The normalized spacial score (nSPS) is 39.6. The van der Waals surface area contributed by atoms with E-state index in [4.69, 9.17) is 11.6 Å². The van der Waals surface area contributed by atoms with Gasteiger partial charge in [-0.15, -0.1) is 23.4 Å². The van der Waals surface area contributed by atoms with Crippen molar-refractivity contribution in [2.75, 3.05) is 5.75 Å². The predicted octanol–water partition coefficient (Wildman–Crippen LogP) is 1.54. The summed E-state index contributed by atoms with van der Waals surface area (Å²) in [4.78, 5) is 11.1. The average Bonchev–Trinajstić information content (AvgIpc) is 2.08. The van der Waals surface area contributed by atoms with Gasteiger partial charge >= 0.3 is 0 Å². The molecule has 1 aliphatic carbocycles. The number of amides is 1. The van der Waals surface area contributed by atoms with E-state index in [1.807, 2.05) is 0 Å². The molecular weight excluding hydrogens is 206 g/mol. The highest BCUT2D eigenvalue weighted by Gasteiger charge is 2.36. The zero-order chi connectivity index (χ0) is 9.42. The van der Waals surface area contributed by atoms with E-state index in [-0.39, 0.29) is 17.3 Å². The first-order chi connectivity index (χ1) is 6.16. The van der Waals surface area contributed by atoms with E-state index in [0.29, 0.717) is 11.0 Å². The summed E-state index contributed by atoms with van der Waals surface area (Å²) in [5, 5.41) is 3.58. The zero-order valence-electron chi connectivity index (χ0n) is 7.25. The lowest BCUT2D eigenvalue weighted by Crippen LogP contribution is -2.50. The standard InChI is InChI=1S/C9H12ClNOS/c1-5-2-7-8(3-6(5)10)13-4-9(12)11-7/h6-8H,1-4H2,(H,11,12). The molecule has 0 aromatic carbocycles. The Morgan fingerprint density at radius 2 is 2.38 bits per heavy atom. The molecule has 0 radical (unpaired) electrons. The summed E-state index contributed by atoms with van der Waals surface area (Å²) in [5.41, 5.74) is 1.06. The summed E-state index contributed by atoms with van der Waals surface area (Å²) in [6.07, 6.45) is 1.79. The number of thioether (sulfide) groups is 1. The highest BCUT2D eigenvalue weighted by Crippen LogP contribution is 2.35. The minimum atomic E-state index is 0.101. The second-order valence-electron chi connectivity index (χ2n) is 3.59. The van der Waals surface area contributed by atoms with E-state index in [2.05, 4.69) is 11.9 Å². The van der Waals surface area contributed by atoms with Crippen LogP contribution in [0.5, 0.6) is 0 Å². The molecule has 3 atom stereocenters. The van der Waals surface area contributed by atoms with Crippen molar-refractivity contribution >= 4 is 29.3 Å². The largest absolute Gasteiger partial charge is 0.351 e. The first-order valence-corrected chi connectivity index (χ1v) is 5.88. The molecule has 1 saturated heterocycles. The number of hydrogen-bond donors (Lipinski definition) is 1. The van der Waals surface area contributed by atoms with Gasteiger partial charge in [0.15, 0.2) is 0 Å². The smallest absolute Gasteiger partial charge is 0.230 e. The van der Waals surface area contributed by atoms with Crippen LogP contribution in [0.2, 0.25) is 0 Å². The molecule has 1 amide bonds. The number of rotatable bonds is 0. The van der Waals surface area contributed by atoms with Gasteiger partial charge in [0.05, 0.1) is 11.1 Å². The Morgan fingerprint density at radius 1 is 1.62 bits per heavy atom. The van der Waals surface area contributed by atoms with Crippen LogP contribution in [0.15, 0.2) is 12.2 Å². The molecule has 2 fully saturated rings. The molecule has 1 aliphatic heterocycles. The van der Waals surface area contributed by atoms with Crippen molar-refractivity contribution in [1.82, 2.24) is 5.32 Å². The number of hydrogen-bond acceptors (Lipinski definition) is 2. The maximum Gasteiger partial charge on any atom is 0.230 e. The molecule has 0 aromatic rings. The first kappa shape index (κ1) is 9.41. The highest BCUT2D eigenvalue weighted by molar-refractivity contribution is 8.00. The number of halogens is 1. The molecule has 0 aromatic heterocycles. The molecule has 2 aliphatic rings. The molecule has 2 rings (SSSR count). The fourth-order valence-electron chi connectivity index (χ4n) is 1.84. The number of alkyl halides is 1. The molecule has 13 heavy (non-hydrogen) atoms. The summed E-state index contributed by atoms with van der Waals surface area (Å²) < 4.78 is 0. The Bertz CT molecular complexity index is 256. The van der Waals surface area contributed by atoms with Crippen LogP contribution in [0.4, 0.5) is 0 Å². The maximum atomic E-state index is 11.1. The van der Waals surface area contributed by atoms with Crippen molar-refractivity contribution < 1.29 is 4.79 Å². The molecular formula is C9H12ClNOS. The van der Waals surface area contributed by atoms with Crippen LogP contribution in [0.1, 0.15) is 12.8 Å². The maximum absolute atomic E-state index is 11.1. The van der Waals surface area contributed by atoms with Gasteiger partial charge in [0, 0.05) is 11.3 Å². The van der Waals surface area contributed by atoms with Crippen LogP contribution in [-0.4, -0.2) is 28.3 Å². The zero-order valence-corrected chi connectivity index (χ0v) is 8.83. The molecule has 1 N–H and O–H groups in total. The van der Waals surface area contributed by atoms with E-state index >= 15 is 0 Å². The molecule has 1 saturated carbocycles. The number of carbonyl (C=O) groups excluding carboxylic acids is 1. The van der Waals surface area contributed by atoms with Gasteiger partial charge in [0.1, 0.15) is 0 Å². The Labute approximate surface area is 87.1 Å². The van der Waals surface area contributed by atoms with Crippen LogP contribution in [-0.2, 0) is 4.79 Å². The van der Waals surface area contributed by atoms with E-state index < -0.39 is 0 Å². The lowest BCUT2D eigenvalue weighted by atomic mass is 9.90. The Hall–Kier alpha value is -0.150. The molecule has 72 valence electrons. The third-order valence-corrected chi connectivity index (χ3v) is 4.45. The van der Waals surface area contributed by atoms with Crippen molar-refractivity contribution in [3.05, 3.63) is 12.2 Å². The van der Waals surface area contributed by atoms with Gasteiger partial charge in [-0.05, 0) is 12.8 Å². The van der Waals surface area contributed by atoms with Gasteiger partial charge < -0.3 is 5.32 Å². The van der Waals surface area contributed by atoms with Gasteiger partial charge in [0.2, 0.25) is 5.91 Å². The second-order valence-corrected chi connectivity index (χ2v) is 5.34. The Kier molecular flexibility index (Phi) is 2.56. The van der Waals surface area contributed by atoms with Crippen LogP contribution < -0.4 is 5.32 Å². The summed E-state index contributed by atoms with van der Waals surface area (Å²) in [5.74, 6) is 0.726. The highest BCUT2D eigenvalue weighted by atomic mass is 35.5. The van der Waals surface area contributed by atoms with E-state index in [1.165, 1.54) is 0 Å². The van der Waals surface area contributed by atoms with E-state index in [1.54, 1.807) is 11.8 Å². The summed E-state index contributed by atoms with van der Waals surface area (Å²) in [7, 11) is 0. The van der Waals surface area contributed by atoms with Crippen LogP contribution >= 0.6 is 23.4 Å². The van der Waals surface area contributed by atoms with Crippen molar-refractivity contribution in [2.24, 2.45) is 0 Å². The second kappa shape index (κ2) is 3.54. The van der Waals surface area contributed by atoms with Gasteiger partial charge in [-0.3, -0.25) is 4.79 Å². The van der Waals surface area contributed by atoms with Gasteiger partial charge in [-0.2, -0.15) is 0 Å². The lowest BCUT2D eigenvalue weighted by molar-refractivity contribution is -0.119. The van der Waals surface area contributed by atoms with Gasteiger partial charge in [-0.1, -0.05) is 12.2 Å². The third-order valence-electron chi connectivity index (χ3n) is 2.59. The SMILES string of the molecule is C=C1CC2NC(=O)CSC2CC1Cl.